The number of non-ortho nitro benzene ring substituents is 1. The molecule has 1 heterocycles. The second kappa shape index (κ2) is 7.23. The highest BCUT2D eigenvalue weighted by Gasteiger charge is 2.15. The van der Waals surface area contributed by atoms with Crippen LogP contribution in [0, 0.1) is 10.1 Å². The van der Waals surface area contributed by atoms with E-state index in [-0.39, 0.29) is 10.6 Å². The van der Waals surface area contributed by atoms with E-state index in [4.69, 9.17) is 4.74 Å². The second-order valence-corrected chi connectivity index (χ2v) is 5.55. The van der Waals surface area contributed by atoms with E-state index in [2.05, 4.69) is 27.6 Å². The molecule has 6 heteroatoms. The van der Waals surface area contributed by atoms with Crippen LogP contribution in [0.4, 0.5) is 5.69 Å². The van der Waals surface area contributed by atoms with Crippen molar-refractivity contribution in [1.29, 1.82) is 0 Å². The van der Waals surface area contributed by atoms with Gasteiger partial charge in [0.2, 0.25) is 6.33 Å². The van der Waals surface area contributed by atoms with Crippen molar-refractivity contribution in [1.82, 2.24) is 4.57 Å². The Balaban J connectivity index is 1.87. The molecule has 1 aromatic heterocycles. The summed E-state index contributed by atoms with van der Waals surface area (Å²) >= 11 is 0. The molecule has 124 valence electrons. The lowest BCUT2D eigenvalue weighted by Gasteiger charge is -1.99. The van der Waals surface area contributed by atoms with Gasteiger partial charge in [0.1, 0.15) is 13.1 Å². The van der Waals surface area contributed by atoms with Gasteiger partial charge in [-0.3, -0.25) is 10.1 Å². The quantitative estimate of drug-likeness (QED) is 0.290. The predicted molar refractivity (Wildman–Crippen MR) is 90.8 cm³/mol. The maximum absolute atomic E-state index is 10.8. The van der Waals surface area contributed by atoms with Crippen molar-refractivity contribution in [2.45, 2.75) is 20.0 Å². The Hall–Kier alpha value is -2.73. The third-order valence-electron chi connectivity index (χ3n) is 3.96. The molecule has 3 aromatic rings. The standard InChI is InChI=1S/C18H20N3O3/c1-2-24-12-11-19-14-20(18-6-4-3-5-17(18)19)13-15-7-9-16(10-8-15)21(22)23/h3-10,14H,2,11-13H2,1H3/q+1. The molecule has 0 unspecified atom stereocenters. The monoisotopic (exact) mass is 326 g/mol. The number of nitrogens with zero attached hydrogens (tertiary/aromatic N) is 3. The zero-order valence-electron chi connectivity index (χ0n) is 13.6. The smallest absolute Gasteiger partial charge is 0.269 e. The Bertz CT molecular complexity index is 840. The molecule has 0 amide bonds. The lowest BCUT2D eigenvalue weighted by molar-refractivity contribution is -0.663. The van der Waals surface area contributed by atoms with E-state index in [1.165, 1.54) is 0 Å². The van der Waals surface area contributed by atoms with Crippen LogP contribution in [0.25, 0.3) is 11.0 Å². The van der Waals surface area contributed by atoms with Gasteiger partial charge >= 0.3 is 0 Å². The first-order valence-corrected chi connectivity index (χ1v) is 7.97. The Kier molecular flexibility index (Phi) is 4.86. The van der Waals surface area contributed by atoms with Crippen LogP contribution >= 0.6 is 0 Å². The summed E-state index contributed by atoms with van der Waals surface area (Å²) < 4.78 is 9.79. The molecular formula is C18H20N3O3+. The lowest BCUT2D eigenvalue weighted by atomic mass is 10.2. The van der Waals surface area contributed by atoms with E-state index in [1.54, 1.807) is 24.3 Å². The first-order valence-electron chi connectivity index (χ1n) is 7.97. The van der Waals surface area contributed by atoms with Gasteiger partial charge < -0.3 is 4.74 Å². The van der Waals surface area contributed by atoms with Gasteiger partial charge in [0, 0.05) is 18.7 Å². The summed E-state index contributed by atoms with van der Waals surface area (Å²) in [5, 5.41) is 10.8. The summed E-state index contributed by atoms with van der Waals surface area (Å²) in [6, 6.07) is 14.9. The first kappa shape index (κ1) is 16.1. The van der Waals surface area contributed by atoms with E-state index in [1.807, 2.05) is 19.1 Å². The zero-order valence-corrected chi connectivity index (χ0v) is 13.6. The molecule has 0 saturated heterocycles. The SMILES string of the molecule is CCOCCn1c[n+](Cc2ccc([N+](=O)[O-])cc2)c2ccccc21. The Morgan fingerprint density at radius 2 is 1.92 bits per heavy atom. The summed E-state index contributed by atoms with van der Waals surface area (Å²) in [7, 11) is 0. The minimum absolute atomic E-state index is 0.114. The highest BCUT2D eigenvalue weighted by atomic mass is 16.6. The Morgan fingerprint density at radius 1 is 1.17 bits per heavy atom. The molecule has 2 aromatic carbocycles. The minimum atomic E-state index is -0.378. The molecule has 3 rings (SSSR count). The topological polar surface area (TPSA) is 61.2 Å². The van der Waals surface area contributed by atoms with Crippen LogP contribution in [0.1, 0.15) is 12.5 Å². The molecular weight excluding hydrogens is 306 g/mol. The van der Waals surface area contributed by atoms with Crippen LogP contribution in [0.15, 0.2) is 54.9 Å². The van der Waals surface area contributed by atoms with Crippen molar-refractivity contribution >= 4 is 16.7 Å². The molecule has 0 fully saturated rings. The van der Waals surface area contributed by atoms with Crippen molar-refractivity contribution < 1.29 is 14.2 Å². The molecule has 0 spiro atoms. The van der Waals surface area contributed by atoms with E-state index >= 15 is 0 Å². The summed E-state index contributed by atoms with van der Waals surface area (Å²) in [4.78, 5) is 10.4. The first-order chi connectivity index (χ1) is 11.7. The number of aromatic nitrogens is 2. The predicted octanol–water partition coefficient (Wildman–Crippen LogP) is 2.92. The lowest BCUT2D eigenvalue weighted by Crippen LogP contribution is -2.32. The van der Waals surface area contributed by atoms with E-state index in [9.17, 15) is 10.1 Å². The van der Waals surface area contributed by atoms with Gasteiger partial charge in [-0.1, -0.05) is 12.1 Å². The minimum Gasteiger partial charge on any atom is -0.378 e. The third kappa shape index (κ3) is 3.44. The second-order valence-electron chi connectivity index (χ2n) is 5.55. The summed E-state index contributed by atoms with van der Waals surface area (Å²) in [5.74, 6) is 0. The molecule has 0 bridgehead atoms. The average molecular weight is 326 g/mol. The number of para-hydroxylation sites is 2. The fraction of sp³-hybridized carbons (Fsp3) is 0.278. The number of ether oxygens (including phenoxy) is 1. The van der Waals surface area contributed by atoms with Gasteiger partial charge in [0.05, 0.1) is 11.5 Å². The van der Waals surface area contributed by atoms with Crippen LogP contribution in [-0.2, 0) is 17.8 Å². The van der Waals surface area contributed by atoms with Gasteiger partial charge in [-0.05, 0) is 36.8 Å². The Labute approximate surface area is 140 Å². The van der Waals surface area contributed by atoms with Gasteiger partial charge in [-0.25, -0.2) is 9.13 Å². The number of fused-ring (bicyclic) bond motifs is 1. The Morgan fingerprint density at radius 3 is 2.62 bits per heavy atom. The molecule has 24 heavy (non-hydrogen) atoms. The molecule has 0 aliphatic carbocycles. The van der Waals surface area contributed by atoms with Gasteiger partial charge in [0.15, 0.2) is 11.0 Å². The average Bonchev–Trinajstić information content (AvgIpc) is 2.94. The number of benzene rings is 2. The highest BCUT2D eigenvalue weighted by Crippen LogP contribution is 2.14. The van der Waals surface area contributed by atoms with E-state index in [0.717, 1.165) is 23.1 Å². The number of nitro groups is 1. The number of hydrogen-bond donors (Lipinski definition) is 0. The molecule has 0 aliphatic rings. The summed E-state index contributed by atoms with van der Waals surface area (Å²) in [6.07, 6.45) is 2.07. The van der Waals surface area contributed by atoms with Gasteiger partial charge in [-0.15, -0.1) is 0 Å². The van der Waals surface area contributed by atoms with Gasteiger partial charge in [0.25, 0.3) is 5.69 Å². The molecule has 0 radical (unpaired) electrons. The van der Waals surface area contributed by atoms with Crippen LogP contribution < -0.4 is 4.57 Å². The number of nitro benzene ring substituents is 1. The molecule has 0 N–H and O–H groups in total. The summed E-state index contributed by atoms with van der Waals surface area (Å²) in [6.45, 7) is 4.83. The molecule has 0 aliphatic heterocycles. The van der Waals surface area contributed by atoms with Crippen LogP contribution in [-0.4, -0.2) is 22.7 Å². The maximum atomic E-state index is 10.8. The maximum Gasteiger partial charge on any atom is 0.269 e. The zero-order chi connectivity index (χ0) is 16.9. The van der Waals surface area contributed by atoms with Crippen LogP contribution in [0.2, 0.25) is 0 Å². The van der Waals surface area contributed by atoms with Crippen molar-refractivity contribution in [2.24, 2.45) is 0 Å². The van der Waals surface area contributed by atoms with Crippen LogP contribution in [0.3, 0.4) is 0 Å². The van der Waals surface area contributed by atoms with Gasteiger partial charge in [-0.2, -0.15) is 0 Å². The number of rotatable bonds is 7. The van der Waals surface area contributed by atoms with Crippen molar-refractivity contribution in [3.05, 3.63) is 70.5 Å². The molecule has 0 atom stereocenters. The van der Waals surface area contributed by atoms with E-state index < -0.39 is 0 Å². The third-order valence-corrected chi connectivity index (χ3v) is 3.96. The number of hydrogen-bond acceptors (Lipinski definition) is 3. The molecule has 0 saturated carbocycles. The highest BCUT2D eigenvalue weighted by molar-refractivity contribution is 5.71. The number of imidazole rings is 1. The van der Waals surface area contributed by atoms with Crippen molar-refractivity contribution in [3.8, 4) is 0 Å². The molecule has 6 nitrogen and oxygen atoms in total. The van der Waals surface area contributed by atoms with Crippen molar-refractivity contribution in [2.75, 3.05) is 13.2 Å². The largest absolute Gasteiger partial charge is 0.378 e. The van der Waals surface area contributed by atoms with Crippen LogP contribution in [0.5, 0.6) is 0 Å². The van der Waals surface area contributed by atoms with E-state index in [0.29, 0.717) is 19.8 Å². The fourth-order valence-corrected chi connectivity index (χ4v) is 2.77. The fourth-order valence-electron chi connectivity index (χ4n) is 2.77. The summed E-state index contributed by atoms with van der Waals surface area (Å²) in [5.41, 5.74) is 3.42. The normalized spacial score (nSPS) is 11.0. The van der Waals surface area contributed by atoms with Crippen molar-refractivity contribution in [3.63, 3.8) is 0 Å².